The number of rotatable bonds is 8. The van der Waals surface area contributed by atoms with E-state index in [1.54, 1.807) is 18.2 Å². The molecule has 1 saturated heterocycles. The van der Waals surface area contributed by atoms with Crippen LogP contribution in [0, 0.1) is 0 Å². The van der Waals surface area contributed by atoms with Crippen LogP contribution in [0.3, 0.4) is 0 Å². The lowest BCUT2D eigenvalue weighted by Gasteiger charge is -2.46. The molecule has 17 nitrogen and oxygen atoms in total. The van der Waals surface area contributed by atoms with E-state index in [1.165, 1.54) is 12.1 Å². The highest BCUT2D eigenvalue weighted by Crippen LogP contribution is 2.33. The van der Waals surface area contributed by atoms with Gasteiger partial charge in [-0.15, -0.1) is 0 Å². The Balaban J connectivity index is 1.92. The molecule has 1 heterocycles. The molecule has 0 bridgehead atoms. The van der Waals surface area contributed by atoms with Gasteiger partial charge >= 0.3 is 5.97 Å². The van der Waals surface area contributed by atoms with E-state index in [1.807, 2.05) is 0 Å². The van der Waals surface area contributed by atoms with E-state index < -0.39 is 73.6 Å². The van der Waals surface area contributed by atoms with Crippen LogP contribution in [-0.2, 0) is 14.2 Å². The van der Waals surface area contributed by atoms with Crippen molar-refractivity contribution in [1.82, 2.24) is 0 Å². The quantitative estimate of drug-likeness (QED) is 0.169. The number of ether oxygens (including phenoxy) is 3. The first-order valence-corrected chi connectivity index (χ1v) is 10.7. The third-order valence-corrected chi connectivity index (χ3v) is 5.89. The molecule has 3 rings (SSSR count). The van der Waals surface area contributed by atoms with Gasteiger partial charge in [0.2, 0.25) is 0 Å². The highest BCUT2D eigenvalue weighted by atomic mass is 16.7. The normalized spacial score (nSPS) is 35.9. The largest absolute Gasteiger partial charge is 0.455 e. The Kier molecular flexibility index (Phi) is 9.27. The molecule has 4 unspecified atom stereocenters. The molecule has 36 heavy (non-hydrogen) atoms. The van der Waals surface area contributed by atoms with E-state index in [0.717, 1.165) is 0 Å². The van der Waals surface area contributed by atoms with Crippen molar-refractivity contribution in [3.8, 4) is 0 Å². The summed E-state index contributed by atoms with van der Waals surface area (Å²) in [6.45, 7) is -0.752. The number of carbonyl (C=O) groups is 1. The summed E-state index contributed by atoms with van der Waals surface area (Å²) in [5, 5.41) is 51.8. The lowest BCUT2D eigenvalue weighted by atomic mass is 9.84. The van der Waals surface area contributed by atoms with Crippen LogP contribution in [0.1, 0.15) is 16.8 Å². The van der Waals surface area contributed by atoms with Crippen molar-refractivity contribution >= 4 is 5.97 Å². The molecule has 0 spiro atoms. The Morgan fingerprint density at radius 3 is 2.19 bits per heavy atom. The zero-order valence-corrected chi connectivity index (χ0v) is 18.5. The van der Waals surface area contributed by atoms with Crippen molar-refractivity contribution < 1.29 is 39.4 Å². The maximum Gasteiger partial charge on any atom is 0.338 e. The van der Waals surface area contributed by atoms with Crippen LogP contribution < -0.4 is 0 Å². The van der Waals surface area contributed by atoms with Crippen LogP contribution in [0.5, 0.6) is 0 Å². The fourth-order valence-electron chi connectivity index (χ4n) is 4.11. The summed E-state index contributed by atoms with van der Waals surface area (Å²) in [4.78, 5) is 20.6. The zero-order chi connectivity index (χ0) is 26.2. The summed E-state index contributed by atoms with van der Waals surface area (Å²) in [5.74, 6) is -0.868. The van der Waals surface area contributed by atoms with E-state index in [0.29, 0.717) is 0 Å². The molecule has 0 aromatic heterocycles. The van der Waals surface area contributed by atoms with Crippen molar-refractivity contribution in [1.29, 1.82) is 0 Å². The number of benzene rings is 1. The average molecular weight is 505 g/mol. The second kappa shape index (κ2) is 12.4. The predicted octanol–water partition coefficient (Wildman–Crippen LogP) is 0.837. The monoisotopic (exact) mass is 505 g/mol. The fraction of sp³-hybridized carbons (Fsp3) is 0.632. The lowest BCUT2D eigenvalue weighted by molar-refractivity contribution is -0.293. The molecule has 0 amide bonds. The Morgan fingerprint density at radius 1 is 0.944 bits per heavy atom. The van der Waals surface area contributed by atoms with E-state index in [2.05, 4.69) is 30.1 Å². The van der Waals surface area contributed by atoms with Crippen molar-refractivity contribution in [3.05, 3.63) is 67.2 Å². The molecule has 17 heteroatoms. The van der Waals surface area contributed by atoms with E-state index >= 15 is 0 Å². The highest BCUT2D eigenvalue weighted by Gasteiger charge is 2.51. The molecule has 1 aliphatic heterocycles. The van der Waals surface area contributed by atoms with Gasteiger partial charge in [0.25, 0.3) is 0 Å². The maximum absolute atomic E-state index is 12.6. The Morgan fingerprint density at radius 2 is 1.58 bits per heavy atom. The minimum absolute atomic E-state index is 0.132. The van der Waals surface area contributed by atoms with E-state index in [4.69, 9.17) is 30.8 Å². The number of hydrogen-bond acceptors (Lipinski definition) is 11. The zero-order valence-electron chi connectivity index (χ0n) is 18.5. The highest BCUT2D eigenvalue weighted by molar-refractivity contribution is 5.89. The molecule has 1 saturated carbocycles. The second-order valence-corrected chi connectivity index (χ2v) is 8.01. The summed E-state index contributed by atoms with van der Waals surface area (Å²) in [7, 11) is 0. The summed E-state index contributed by atoms with van der Waals surface area (Å²) >= 11 is 0. The van der Waals surface area contributed by atoms with Crippen LogP contribution in [0.2, 0.25) is 0 Å². The second-order valence-electron chi connectivity index (χ2n) is 8.01. The SMILES string of the molecule is [N-]=[N+]=NC1C[C@@H](N=[N+]=[N-])[C@@H](O)C(O)[C@@H]1O[C@H]1OC(CO)[C@@H](O)[C@H](OC(=O)c2ccccc2)C1N=[N+]=[N-]. The van der Waals surface area contributed by atoms with Gasteiger partial charge < -0.3 is 34.6 Å². The third kappa shape index (κ3) is 5.78. The van der Waals surface area contributed by atoms with Gasteiger partial charge in [0.15, 0.2) is 6.29 Å². The van der Waals surface area contributed by atoms with Gasteiger partial charge in [0.1, 0.15) is 30.5 Å². The standard InChI is InChI=1S/C19H23N9O8/c20-26-23-9-6-10(24-27-21)16(15(32)13(9)30)36-19-12(25-28-22)17(14(31)11(7-29)34-19)35-18(33)8-4-2-1-3-5-8/h1-5,9-17,19,29-32H,6-7H2/t9-,10?,11?,12?,13-,14-,15?,16-,17-,19-/m1/s1. The van der Waals surface area contributed by atoms with Gasteiger partial charge in [-0.05, 0) is 35.1 Å². The molecule has 0 radical (unpaired) electrons. The fourth-order valence-corrected chi connectivity index (χ4v) is 4.11. The summed E-state index contributed by atoms with van der Waals surface area (Å²) in [5.41, 5.74) is 26.9. The van der Waals surface area contributed by atoms with Crippen LogP contribution >= 0.6 is 0 Å². The number of azide groups is 3. The molecule has 4 N–H and O–H groups in total. The maximum atomic E-state index is 12.6. The molecule has 192 valence electrons. The molecule has 10 atom stereocenters. The first-order valence-electron chi connectivity index (χ1n) is 10.7. The summed E-state index contributed by atoms with van der Waals surface area (Å²) in [6.07, 6.45) is -11.2. The van der Waals surface area contributed by atoms with Gasteiger partial charge in [-0.3, -0.25) is 0 Å². The topological polar surface area (TPSA) is 272 Å². The number of nitrogens with zero attached hydrogens (tertiary/aromatic N) is 9. The summed E-state index contributed by atoms with van der Waals surface area (Å²) < 4.78 is 16.7. The minimum Gasteiger partial charge on any atom is -0.455 e. The first kappa shape index (κ1) is 27.0. The molecule has 1 aromatic rings. The smallest absolute Gasteiger partial charge is 0.338 e. The van der Waals surface area contributed by atoms with Gasteiger partial charge in [0.05, 0.1) is 36.5 Å². The lowest BCUT2D eigenvalue weighted by Crippen LogP contribution is -2.63. The molecule has 1 aliphatic carbocycles. The van der Waals surface area contributed by atoms with Crippen LogP contribution in [0.15, 0.2) is 45.7 Å². The van der Waals surface area contributed by atoms with Crippen molar-refractivity contribution in [2.24, 2.45) is 15.3 Å². The van der Waals surface area contributed by atoms with Gasteiger partial charge in [-0.25, -0.2) is 4.79 Å². The molecular formula is C19H23N9O8. The number of esters is 1. The first-order chi connectivity index (χ1) is 17.4. The van der Waals surface area contributed by atoms with Gasteiger partial charge in [0, 0.05) is 14.7 Å². The molecule has 2 aliphatic rings. The minimum atomic E-state index is -1.75. The van der Waals surface area contributed by atoms with Gasteiger partial charge in [-0.2, -0.15) is 0 Å². The van der Waals surface area contributed by atoms with Crippen LogP contribution in [0.25, 0.3) is 31.3 Å². The number of aliphatic hydroxyl groups excluding tert-OH is 4. The van der Waals surface area contributed by atoms with Crippen LogP contribution in [-0.4, -0.2) is 94.0 Å². The predicted molar refractivity (Wildman–Crippen MR) is 118 cm³/mol. The average Bonchev–Trinajstić information content (AvgIpc) is 2.88. The van der Waals surface area contributed by atoms with Crippen molar-refractivity contribution in [3.63, 3.8) is 0 Å². The number of hydrogen-bond donors (Lipinski definition) is 4. The van der Waals surface area contributed by atoms with Gasteiger partial charge in [-0.1, -0.05) is 33.5 Å². The Hall–Kier alpha value is -3.62. The van der Waals surface area contributed by atoms with Crippen LogP contribution in [0.4, 0.5) is 0 Å². The Labute approximate surface area is 202 Å². The number of carbonyl (C=O) groups excluding carboxylic acids is 1. The molecular weight excluding hydrogens is 482 g/mol. The molecule has 2 fully saturated rings. The van der Waals surface area contributed by atoms with Crippen molar-refractivity contribution in [2.45, 2.75) is 67.5 Å². The third-order valence-electron chi connectivity index (χ3n) is 5.89. The van der Waals surface area contributed by atoms with E-state index in [9.17, 15) is 25.2 Å². The number of aliphatic hydroxyl groups is 4. The van der Waals surface area contributed by atoms with E-state index in [-0.39, 0.29) is 12.0 Å². The summed E-state index contributed by atoms with van der Waals surface area (Å²) in [6, 6.07) is 3.93. The molecule has 1 aromatic carbocycles. The Bertz CT molecular complexity index is 1060. The van der Waals surface area contributed by atoms with Crippen molar-refractivity contribution in [2.75, 3.05) is 6.61 Å².